The van der Waals surface area contributed by atoms with E-state index in [1.807, 2.05) is 43.3 Å². The third kappa shape index (κ3) is 2.62. The van der Waals surface area contributed by atoms with Gasteiger partial charge in [-0.05, 0) is 35.1 Å². The molecule has 0 aliphatic heterocycles. The second-order valence-electron chi connectivity index (χ2n) is 5.08. The predicted octanol–water partition coefficient (Wildman–Crippen LogP) is 4.20. The Labute approximate surface area is 109 Å². The van der Waals surface area contributed by atoms with Gasteiger partial charge in [-0.25, -0.2) is 0 Å². The minimum Gasteiger partial charge on any atom is -0.384 e. The first kappa shape index (κ1) is 12.8. The van der Waals surface area contributed by atoms with Crippen molar-refractivity contribution in [3.8, 4) is 0 Å². The molecular weight excluding hydrogens is 220 g/mol. The van der Waals surface area contributed by atoms with Crippen molar-refractivity contribution in [2.24, 2.45) is 0 Å². The standard InChI is InChI=1S/C17H20O/c1-12(2)14-8-10-15(11-9-14)17(18)16-7-5-4-6-13(16)3/h4-12,17-18H,1-3H3/t17-/m0/s1. The third-order valence-corrected chi connectivity index (χ3v) is 3.40. The zero-order valence-electron chi connectivity index (χ0n) is 11.2. The lowest BCUT2D eigenvalue weighted by atomic mass is 9.95. The van der Waals surface area contributed by atoms with E-state index in [2.05, 4.69) is 26.0 Å². The lowest BCUT2D eigenvalue weighted by Gasteiger charge is -2.15. The second-order valence-corrected chi connectivity index (χ2v) is 5.08. The highest BCUT2D eigenvalue weighted by Gasteiger charge is 2.12. The summed E-state index contributed by atoms with van der Waals surface area (Å²) in [5.74, 6) is 0.523. The van der Waals surface area contributed by atoms with Gasteiger partial charge in [-0.1, -0.05) is 62.4 Å². The van der Waals surface area contributed by atoms with Crippen molar-refractivity contribution in [1.29, 1.82) is 0 Å². The van der Waals surface area contributed by atoms with Gasteiger partial charge in [0.2, 0.25) is 0 Å². The molecule has 0 heterocycles. The van der Waals surface area contributed by atoms with Crippen LogP contribution in [0.25, 0.3) is 0 Å². The molecule has 0 aliphatic rings. The van der Waals surface area contributed by atoms with Gasteiger partial charge < -0.3 is 5.11 Å². The van der Waals surface area contributed by atoms with E-state index in [-0.39, 0.29) is 0 Å². The lowest BCUT2D eigenvalue weighted by Crippen LogP contribution is -2.02. The molecule has 0 fully saturated rings. The number of aliphatic hydroxyl groups excluding tert-OH is 1. The van der Waals surface area contributed by atoms with Crippen molar-refractivity contribution < 1.29 is 5.11 Å². The van der Waals surface area contributed by atoms with Crippen LogP contribution in [0, 0.1) is 6.92 Å². The summed E-state index contributed by atoms with van der Waals surface area (Å²) < 4.78 is 0. The fourth-order valence-electron chi connectivity index (χ4n) is 2.14. The van der Waals surface area contributed by atoms with Crippen LogP contribution in [-0.4, -0.2) is 5.11 Å². The maximum absolute atomic E-state index is 10.4. The molecule has 0 bridgehead atoms. The Morgan fingerprint density at radius 1 is 0.833 bits per heavy atom. The van der Waals surface area contributed by atoms with Gasteiger partial charge >= 0.3 is 0 Å². The Morgan fingerprint density at radius 3 is 1.94 bits per heavy atom. The summed E-state index contributed by atoms with van der Waals surface area (Å²) in [6.45, 7) is 6.38. The van der Waals surface area contributed by atoms with Gasteiger partial charge in [0.15, 0.2) is 0 Å². The summed E-state index contributed by atoms with van der Waals surface area (Å²) in [4.78, 5) is 0. The maximum atomic E-state index is 10.4. The molecule has 0 amide bonds. The summed E-state index contributed by atoms with van der Waals surface area (Å²) in [6, 6.07) is 16.2. The molecule has 0 unspecified atom stereocenters. The normalized spacial score (nSPS) is 12.7. The molecular formula is C17H20O. The fourth-order valence-corrected chi connectivity index (χ4v) is 2.14. The van der Waals surface area contributed by atoms with E-state index in [9.17, 15) is 5.11 Å². The zero-order chi connectivity index (χ0) is 13.1. The molecule has 0 saturated heterocycles. The van der Waals surface area contributed by atoms with Crippen LogP contribution in [-0.2, 0) is 0 Å². The monoisotopic (exact) mass is 240 g/mol. The average molecular weight is 240 g/mol. The molecule has 2 aromatic rings. The lowest BCUT2D eigenvalue weighted by molar-refractivity contribution is 0.219. The topological polar surface area (TPSA) is 20.2 Å². The van der Waals surface area contributed by atoms with Crippen LogP contribution in [0.2, 0.25) is 0 Å². The highest BCUT2D eigenvalue weighted by atomic mass is 16.3. The van der Waals surface area contributed by atoms with Gasteiger partial charge in [-0.15, -0.1) is 0 Å². The Balaban J connectivity index is 2.29. The van der Waals surface area contributed by atoms with Gasteiger partial charge in [0, 0.05) is 0 Å². The molecule has 1 atom stereocenters. The molecule has 1 N–H and O–H groups in total. The largest absolute Gasteiger partial charge is 0.384 e. The molecule has 0 aliphatic carbocycles. The summed E-state index contributed by atoms with van der Waals surface area (Å²) in [6.07, 6.45) is -0.535. The van der Waals surface area contributed by atoms with Crippen LogP contribution < -0.4 is 0 Å². The summed E-state index contributed by atoms with van der Waals surface area (Å²) in [5.41, 5.74) is 4.36. The number of hydrogen-bond donors (Lipinski definition) is 1. The van der Waals surface area contributed by atoms with Crippen LogP contribution in [0.15, 0.2) is 48.5 Å². The van der Waals surface area contributed by atoms with Gasteiger partial charge in [0.1, 0.15) is 6.10 Å². The second kappa shape index (κ2) is 5.36. The molecule has 1 nitrogen and oxygen atoms in total. The van der Waals surface area contributed by atoms with Crippen molar-refractivity contribution in [2.45, 2.75) is 32.8 Å². The van der Waals surface area contributed by atoms with Crippen LogP contribution >= 0.6 is 0 Å². The Morgan fingerprint density at radius 2 is 1.39 bits per heavy atom. The quantitative estimate of drug-likeness (QED) is 0.852. The van der Waals surface area contributed by atoms with Gasteiger partial charge in [0.05, 0.1) is 0 Å². The number of benzene rings is 2. The molecule has 2 rings (SSSR count). The highest BCUT2D eigenvalue weighted by Crippen LogP contribution is 2.25. The Kier molecular flexibility index (Phi) is 3.83. The van der Waals surface area contributed by atoms with Gasteiger partial charge in [-0.3, -0.25) is 0 Å². The van der Waals surface area contributed by atoms with E-state index in [1.165, 1.54) is 5.56 Å². The molecule has 1 heteroatoms. The minimum atomic E-state index is -0.535. The van der Waals surface area contributed by atoms with E-state index in [4.69, 9.17) is 0 Å². The smallest absolute Gasteiger partial charge is 0.104 e. The first-order chi connectivity index (χ1) is 8.59. The van der Waals surface area contributed by atoms with Crippen LogP contribution in [0.3, 0.4) is 0 Å². The highest BCUT2D eigenvalue weighted by molar-refractivity contribution is 5.36. The number of rotatable bonds is 3. The Bertz CT molecular complexity index is 511. The summed E-state index contributed by atoms with van der Waals surface area (Å²) >= 11 is 0. The van der Waals surface area contributed by atoms with E-state index in [0.717, 1.165) is 16.7 Å². The Hall–Kier alpha value is -1.60. The van der Waals surface area contributed by atoms with E-state index < -0.39 is 6.10 Å². The van der Waals surface area contributed by atoms with Crippen molar-refractivity contribution in [3.05, 3.63) is 70.8 Å². The van der Waals surface area contributed by atoms with Gasteiger partial charge in [-0.2, -0.15) is 0 Å². The third-order valence-electron chi connectivity index (χ3n) is 3.40. The molecule has 2 aromatic carbocycles. The molecule has 0 spiro atoms. The first-order valence-electron chi connectivity index (χ1n) is 6.43. The van der Waals surface area contributed by atoms with Crippen LogP contribution in [0.4, 0.5) is 0 Å². The van der Waals surface area contributed by atoms with Gasteiger partial charge in [0.25, 0.3) is 0 Å². The van der Waals surface area contributed by atoms with Crippen molar-refractivity contribution >= 4 is 0 Å². The van der Waals surface area contributed by atoms with Crippen LogP contribution in [0.5, 0.6) is 0 Å². The minimum absolute atomic E-state index is 0.523. The molecule has 0 saturated carbocycles. The SMILES string of the molecule is Cc1ccccc1[C@@H](O)c1ccc(C(C)C)cc1. The maximum Gasteiger partial charge on any atom is 0.104 e. The summed E-state index contributed by atoms with van der Waals surface area (Å²) in [5, 5.41) is 10.4. The molecule has 0 radical (unpaired) electrons. The number of hydrogen-bond acceptors (Lipinski definition) is 1. The molecule has 94 valence electrons. The van der Waals surface area contributed by atoms with Crippen molar-refractivity contribution in [2.75, 3.05) is 0 Å². The summed E-state index contributed by atoms with van der Waals surface area (Å²) in [7, 11) is 0. The van der Waals surface area contributed by atoms with E-state index in [1.54, 1.807) is 0 Å². The van der Waals surface area contributed by atoms with Crippen LogP contribution in [0.1, 0.15) is 48.1 Å². The number of aliphatic hydroxyl groups is 1. The van der Waals surface area contributed by atoms with E-state index >= 15 is 0 Å². The van der Waals surface area contributed by atoms with Crippen molar-refractivity contribution in [1.82, 2.24) is 0 Å². The predicted molar refractivity (Wildman–Crippen MR) is 75.8 cm³/mol. The first-order valence-corrected chi connectivity index (χ1v) is 6.43. The fraction of sp³-hybridized carbons (Fsp3) is 0.294. The zero-order valence-corrected chi connectivity index (χ0v) is 11.2. The molecule has 0 aromatic heterocycles. The number of aryl methyl sites for hydroxylation is 1. The molecule has 18 heavy (non-hydrogen) atoms. The average Bonchev–Trinajstić information content (AvgIpc) is 2.38. The van der Waals surface area contributed by atoms with Crippen molar-refractivity contribution in [3.63, 3.8) is 0 Å². The van der Waals surface area contributed by atoms with E-state index in [0.29, 0.717) is 5.92 Å².